The Labute approximate surface area is 149 Å². The first-order valence-corrected chi connectivity index (χ1v) is 10.2. The number of ether oxygens (including phenoxy) is 1. The standard InChI is InChI=1S/C16H20N4O2S2/c21-14(20-7-8-22-12-5-2-1-4-11(12)20)10-24-16-17-15(18-19-16)13-6-3-9-23-13/h3,6,9,11-12H,1-2,4-5,7-8,10H2,(H,17,18,19). The Bertz CT molecular complexity index is 686. The number of amides is 1. The van der Waals surface area contributed by atoms with Crippen molar-refractivity contribution < 1.29 is 9.53 Å². The van der Waals surface area contributed by atoms with E-state index in [4.69, 9.17) is 4.74 Å². The number of aromatic amines is 1. The van der Waals surface area contributed by atoms with Crippen molar-refractivity contribution >= 4 is 29.0 Å². The van der Waals surface area contributed by atoms with E-state index in [0.29, 0.717) is 24.1 Å². The normalized spacial score (nSPS) is 23.9. The van der Waals surface area contributed by atoms with Crippen LogP contribution in [0.1, 0.15) is 25.7 Å². The van der Waals surface area contributed by atoms with Crippen LogP contribution in [0.3, 0.4) is 0 Å². The Morgan fingerprint density at radius 2 is 2.38 bits per heavy atom. The number of carbonyl (C=O) groups is 1. The highest BCUT2D eigenvalue weighted by molar-refractivity contribution is 7.99. The quantitative estimate of drug-likeness (QED) is 0.845. The molecule has 4 rings (SSSR count). The summed E-state index contributed by atoms with van der Waals surface area (Å²) in [4.78, 5) is 20.2. The number of hydrogen-bond donors (Lipinski definition) is 1. The molecule has 3 heterocycles. The second-order valence-corrected chi connectivity index (χ2v) is 7.97. The molecule has 1 aliphatic carbocycles. The van der Waals surface area contributed by atoms with E-state index in [2.05, 4.69) is 15.2 Å². The molecule has 0 aromatic carbocycles. The zero-order valence-electron chi connectivity index (χ0n) is 13.3. The van der Waals surface area contributed by atoms with Crippen LogP contribution in [-0.4, -0.2) is 57.0 Å². The van der Waals surface area contributed by atoms with Crippen LogP contribution in [0.25, 0.3) is 10.7 Å². The first-order valence-electron chi connectivity index (χ1n) is 8.31. The molecule has 8 heteroatoms. The number of hydrogen-bond acceptors (Lipinski definition) is 6. The molecule has 2 aromatic rings. The van der Waals surface area contributed by atoms with Crippen molar-refractivity contribution in [2.45, 2.75) is 43.0 Å². The van der Waals surface area contributed by atoms with Gasteiger partial charge in [0.05, 0.1) is 29.4 Å². The highest BCUT2D eigenvalue weighted by Crippen LogP contribution is 2.29. The van der Waals surface area contributed by atoms with Crippen LogP contribution in [0.15, 0.2) is 22.7 Å². The van der Waals surface area contributed by atoms with Crippen molar-refractivity contribution in [1.29, 1.82) is 0 Å². The minimum absolute atomic E-state index is 0.169. The van der Waals surface area contributed by atoms with E-state index in [1.165, 1.54) is 24.6 Å². The van der Waals surface area contributed by atoms with E-state index in [1.807, 2.05) is 22.4 Å². The van der Waals surface area contributed by atoms with Crippen molar-refractivity contribution in [3.63, 3.8) is 0 Å². The van der Waals surface area contributed by atoms with Gasteiger partial charge in [-0.25, -0.2) is 4.98 Å². The number of nitrogens with one attached hydrogen (secondary N) is 1. The van der Waals surface area contributed by atoms with Crippen molar-refractivity contribution in [2.75, 3.05) is 18.9 Å². The van der Waals surface area contributed by atoms with Crippen molar-refractivity contribution in [1.82, 2.24) is 20.1 Å². The molecule has 2 unspecified atom stereocenters. The first kappa shape index (κ1) is 16.1. The van der Waals surface area contributed by atoms with Gasteiger partial charge in [-0.3, -0.25) is 9.89 Å². The minimum atomic E-state index is 0.169. The van der Waals surface area contributed by atoms with Gasteiger partial charge in [0.1, 0.15) is 0 Å². The van der Waals surface area contributed by atoms with Crippen molar-refractivity contribution in [2.24, 2.45) is 0 Å². The number of rotatable bonds is 4. The van der Waals surface area contributed by atoms with Gasteiger partial charge in [-0.05, 0) is 24.3 Å². The van der Waals surface area contributed by atoms with Crippen LogP contribution < -0.4 is 0 Å². The van der Waals surface area contributed by atoms with Gasteiger partial charge in [0.2, 0.25) is 11.1 Å². The van der Waals surface area contributed by atoms with Gasteiger partial charge in [-0.15, -0.1) is 16.4 Å². The maximum absolute atomic E-state index is 12.6. The molecule has 24 heavy (non-hydrogen) atoms. The van der Waals surface area contributed by atoms with Gasteiger partial charge in [0.15, 0.2) is 5.82 Å². The lowest BCUT2D eigenvalue weighted by Gasteiger charge is -2.43. The van der Waals surface area contributed by atoms with Crippen molar-refractivity contribution in [3.8, 4) is 10.7 Å². The molecule has 1 saturated heterocycles. The highest BCUT2D eigenvalue weighted by Gasteiger charge is 2.36. The summed E-state index contributed by atoms with van der Waals surface area (Å²) in [6.45, 7) is 1.36. The third-order valence-electron chi connectivity index (χ3n) is 4.60. The van der Waals surface area contributed by atoms with Gasteiger partial charge in [0.25, 0.3) is 0 Å². The lowest BCUT2D eigenvalue weighted by atomic mass is 9.90. The average Bonchev–Trinajstić information content (AvgIpc) is 3.30. The van der Waals surface area contributed by atoms with Crippen LogP contribution >= 0.6 is 23.1 Å². The predicted octanol–water partition coefficient (Wildman–Crippen LogP) is 2.80. The summed E-state index contributed by atoms with van der Waals surface area (Å²) < 4.78 is 5.84. The van der Waals surface area contributed by atoms with Gasteiger partial charge >= 0.3 is 0 Å². The zero-order chi connectivity index (χ0) is 16.4. The summed E-state index contributed by atoms with van der Waals surface area (Å²) in [5.74, 6) is 1.31. The number of nitrogens with zero attached hydrogens (tertiary/aromatic N) is 3. The lowest BCUT2D eigenvalue weighted by Crippen LogP contribution is -2.55. The van der Waals surface area contributed by atoms with Crippen LogP contribution in [0.5, 0.6) is 0 Å². The van der Waals surface area contributed by atoms with Crippen LogP contribution in [-0.2, 0) is 9.53 Å². The zero-order valence-corrected chi connectivity index (χ0v) is 14.9. The smallest absolute Gasteiger partial charge is 0.233 e. The molecule has 128 valence electrons. The van der Waals surface area contributed by atoms with Crippen molar-refractivity contribution in [3.05, 3.63) is 17.5 Å². The van der Waals surface area contributed by atoms with E-state index < -0.39 is 0 Å². The number of morpholine rings is 1. The fourth-order valence-corrected chi connectivity index (χ4v) is 4.80. The average molecular weight is 364 g/mol. The maximum Gasteiger partial charge on any atom is 0.233 e. The van der Waals surface area contributed by atoms with E-state index in [1.54, 1.807) is 11.3 Å². The molecule has 1 amide bonds. The van der Waals surface area contributed by atoms with E-state index in [9.17, 15) is 4.79 Å². The van der Waals surface area contributed by atoms with Crippen LogP contribution in [0, 0.1) is 0 Å². The Morgan fingerprint density at radius 3 is 3.25 bits per heavy atom. The number of thioether (sulfide) groups is 1. The molecule has 6 nitrogen and oxygen atoms in total. The molecule has 1 N–H and O–H groups in total. The van der Waals surface area contributed by atoms with Gasteiger partial charge in [0, 0.05) is 6.54 Å². The fraction of sp³-hybridized carbons (Fsp3) is 0.562. The van der Waals surface area contributed by atoms with E-state index >= 15 is 0 Å². The van der Waals surface area contributed by atoms with Crippen LogP contribution in [0.4, 0.5) is 0 Å². The summed E-state index contributed by atoms with van der Waals surface area (Å²) in [5.41, 5.74) is 0. The number of H-pyrrole nitrogens is 1. The monoisotopic (exact) mass is 364 g/mol. The van der Waals surface area contributed by atoms with Crippen LogP contribution in [0.2, 0.25) is 0 Å². The second kappa shape index (κ2) is 7.25. The molecular weight excluding hydrogens is 344 g/mol. The third kappa shape index (κ3) is 3.36. The molecule has 1 aliphatic heterocycles. The number of thiophene rings is 1. The third-order valence-corrected chi connectivity index (χ3v) is 6.31. The second-order valence-electron chi connectivity index (χ2n) is 6.08. The summed E-state index contributed by atoms with van der Waals surface area (Å²) in [6, 6.07) is 4.24. The summed E-state index contributed by atoms with van der Waals surface area (Å²) in [7, 11) is 0. The molecule has 0 spiro atoms. The SMILES string of the molecule is O=C(CSc1n[nH]c(-c2cccs2)n1)N1CCOC2CCCCC21. The molecule has 0 bridgehead atoms. The Hall–Kier alpha value is -1.38. The molecule has 0 radical (unpaired) electrons. The molecule has 1 saturated carbocycles. The fourth-order valence-electron chi connectivity index (χ4n) is 3.45. The lowest BCUT2D eigenvalue weighted by molar-refractivity contribution is -0.146. The van der Waals surface area contributed by atoms with Gasteiger partial charge < -0.3 is 9.64 Å². The molecular formula is C16H20N4O2S2. The topological polar surface area (TPSA) is 71.1 Å². The Kier molecular flexibility index (Phi) is 4.86. The Morgan fingerprint density at radius 1 is 1.46 bits per heavy atom. The maximum atomic E-state index is 12.6. The van der Waals surface area contributed by atoms with E-state index in [0.717, 1.165) is 23.5 Å². The molecule has 2 atom stereocenters. The summed E-state index contributed by atoms with van der Waals surface area (Å²) in [6.07, 6.45) is 4.76. The molecule has 2 aromatic heterocycles. The predicted molar refractivity (Wildman–Crippen MR) is 94.1 cm³/mol. The number of carbonyl (C=O) groups excluding carboxylic acids is 1. The first-order chi connectivity index (χ1) is 11.8. The van der Waals surface area contributed by atoms with Gasteiger partial charge in [-0.2, -0.15) is 0 Å². The Balaban J connectivity index is 1.36. The highest BCUT2D eigenvalue weighted by atomic mass is 32.2. The largest absolute Gasteiger partial charge is 0.374 e. The van der Waals surface area contributed by atoms with Gasteiger partial charge in [-0.1, -0.05) is 30.7 Å². The molecule has 2 fully saturated rings. The molecule has 2 aliphatic rings. The number of aromatic nitrogens is 3. The number of fused-ring (bicyclic) bond motifs is 1. The summed E-state index contributed by atoms with van der Waals surface area (Å²) in [5, 5.41) is 9.78. The summed E-state index contributed by atoms with van der Waals surface area (Å²) >= 11 is 3.02. The van der Waals surface area contributed by atoms with E-state index in [-0.39, 0.29) is 18.1 Å². The minimum Gasteiger partial charge on any atom is -0.374 e.